The van der Waals surface area contributed by atoms with E-state index in [2.05, 4.69) is 4.99 Å². The zero-order valence-corrected chi connectivity index (χ0v) is 17.0. The zero-order valence-electron chi connectivity index (χ0n) is 17.0. The molecule has 32 heavy (non-hydrogen) atoms. The van der Waals surface area contributed by atoms with E-state index in [4.69, 9.17) is 18.9 Å². The molecule has 0 aliphatic carbocycles. The third-order valence-electron chi connectivity index (χ3n) is 4.94. The second-order valence-corrected chi connectivity index (χ2v) is 7.20. The highest BCUT2D eigenvalue weighted by molar-refractivity contribution is 6.13. The van der Waals surface area contributed by atoms with E-state index in [0.717, 1.165) is 5.56 Å². The molecule has 158 valence electrons. The van der Waals surface area contributed by atoms with E-state index in [1.54, 1.807) is 42.5 Å². The number of carbonyl (C=O) groups is 2. The monoisotopic (exact) mass is 427 g/mol. The first-order valence-electron chi connectivity index (χ1n) is 9.87. The highest BCUT2D eigenvalue weighted by Gasteiger charge is 2.25. The fourth-order valence-electron chi connectivity index (χ4n) is 3.25. The van der Waals surface area contributed by atoms with Crippen LogP contribution in [0, 0.1) is 6.92 Å². The molecule has 0 amide bonds. The first kappa shape index (κ1) is 19.6. The summed E-state index contributed by atoms with van der Waals surface area (Å²) in [6.45, 7) is 2.09. The number of carbonyl (C=O) groups excluding carboxylic acids is 2. The van der Waals surface area contributed by atoms with E-state index >= 15 is 0 Å². The van der Waals surface area contributed by atoms with Crippen molar-refractivity contribution in [3.63, 3.8) is 0 Å². The smallest absolute Gasteiger partial charge is 0.363 e. The second kappa shape index (κ2) is 8.03. The van der Waals surface area contributed by atoms with Gasteiger partial charge in [0.15, 0.2) is 17.2 Å². The van der Waals surface area contributed by atoms with Crippen LogP contribution in [0.25, 0.3) is 6.08 Å². The van der Waals surface area contributed by atoms with Gasteiger partial charge in [0.05, 0.1) is 5.56 Å². The number of esters is 2. The Kier molecular flexibility index (Phi) is 4.91. The number of cyclic esters (lactones) is 1. The highest BCUT2D eigenvalue weighted by Crippen LogP contribution is 2.33. The van der Waals surface area contributed by atoms with E-state index in [1.165, 1.54) is 6.08 Å². The van der Waals surface area contributed by atoms with Gasteiger partial charge in [-0.3, -0.25) is 0 Å². The molecule has 0 radical (unpaired) electrons. The number of aliphatic imine (C=N–C) groups is 1. The molecule has 0 saturated heterocycles. The summed E-state index contributed by atoms with van der Waals surface area (Å²) in [5.74, 6) is 0.449. The third kappa shape index (κ3) is 3.83. The number of ether oxygens (including phenoxy) is 4. The molecule has 0 unspecified atom stereocenters. The summed E-state index contributed by atoms with van der Waals surface area (Å²) in [6.07, 6.45) is 1.53. The minimum absolute atomic E-state index is 0.117. The normalized spacial score (nSPS) is 15.5. The molecule has 0 bridgehead atoms. The number of hydrogen-bond acceptors (Lipinski definition) is 7. The van der Waals surface area contributed by atoms with Gasteiger partial charge in [-0.25, -0.2) is 14.6 Å². The lowest BCUT2D eigenvalue weighted by Gasteiger charge is -2.08. The number of rotatable bonds is 4. The van der Waals surface area contributed by atoms with Gasteiger partial charge in [0.25, 0.3) is 0 Å². The Hall–Kier alpha value is -4.39. The molecule has 7 nitrogen and oxygen atoms in total. The predicted octanol–water partition coefficient (Wildman–Crippen LogP) is 4.29. The summed E-state index contributed by atoms with van der Waals surface area (Å²) in [7, 11) is 0. The lowest BCUT2D eigenvalue weighted by atomic mass is 10.1. The van der Waals surface area contributed by atoms with Gasteiger partial charge in [0, 0.05) is 11.1 Å². The van der Waals surface area contributed by atoms with Crippen molar-refractivity contribution < 1.29 is 28.5 Å². The topological polar surface area (TPSA) is 83.4 Å². The first-order valence-corrected chi connectivity index (χ1v) is 9.87. The van der Waals surface area contributed by atoms with Crippen molar-refractivity contribution in [2.24, 2.45) is 4.99 Å². The maximum Gasteiger partial charge on any atom is 0.363 e. The van der Waals surface area contributed by atoms with Gasteiger partial charge in [-0.05, 0) is 49.4 Å². The van der Waals surface area contributed by atoms with Gasteiger partial charge in [0.2, 0.25) is 12.7 Å². The fraction of sp³-hybridized carbons (Fsp3) is 0.0800. The molecule has 5 rings (SSSR count). The molecule has 3 aromatic rings. The summed E-state index contributed by atoms with van der Waals surface area (Å²) in [6, 6.07) is 19.2. The van der Waals surface area contributed by atoms with E-state index in [1.807, 2.05) is 31.2 Å². The molecule has 0 saturated carbocycles. The van der Waals surface area contributed by atoms with Crippen LogP contribution in [-0.4, -0.2) is 24.6 Å². The summed E-state index contributed by atoms with van der Waals surface area (Å²) < 4.78 is 21.5. The lowest BCUT2D eigenvalue weighted by Crippen LogP contribution is -2.09. The van der Waals surface area contributed by atoms with Crippen molar-refractivity contribution in [1.82, 2.24) is 0 Å². The number of para-hydroxylation sites is 1. The molecule has 0 atom stereocenters. The number of nitrogens with zero attached hydrogens (tertiary/aromatic N) is 1. The molecule has 2 heterocycles. The van der Waals surface area contributed by atoms with Gasteiger partial charge >= 0.3 is 11.9 Å². The minimum Gasteiger partial charge on any atom is -0.454 e. The second-order valence-electron chi connectivity index (χ2n) is 7.20. The quantitative estimate of drug-likeness (QED) is 0.351. The van der Waals surface area contributed by atoms with Gasteiger partial charge < -0.3 is 18.9 Å². The van der Waals surface area contributed by atoms with Gasteiger partial charge in [-0.2, -0.15) is 0 Å². The fourth-order valence-corrected chi connectivity index (χ4v) is 3.25. The number of benzene rings is 3. The number of fused-ring (bicyclic) bond motifs is 1. The van der Waals surface area contributed by atoms with Crippen molar-refractivity contribution in [3.8, 4) is 17.2 Å². The van der Waals surface area contributed by atoms with Crippen LogP contribution in [0.3, 0.4) is 0 Å². The number of hydrogen-bond donors (Lipinski definition) is 0. The van der Waals surface area contributed by atoms with Crippen molar-refractivity contribution in [2.45, 2.75) is 6.92 Å². The van der Waals surface area contributed by atoms with Crippen LogP contribution < -0.4 is 14.2 Å². The SMILES string of the molecule is Cc1ccc(C2=N/C(=C\c3ccccc3OC(=O)c3ccc4c(c3)OCO4)C(=O)O2)cc1. The molecular formula is C25H17NO6. The maximum atomic E-state index is 12.7. The summed E-state index contributed by atoms with van der Waals surface area (Å²) in [5.41, 5.74) is 2.74. The Morgan fingerprint density at radius 1 is 1.00 bits per heavy atom. The summed E-state index contributed by atoms with van der Waals surface area (Å²) in [4.78, 5) is 29.3. The van der Waals surface area contributed by atoms with E-state index in [-0.39, 0.29) is 24.1 Å². The van der Waals surface area contributed by atoms with Crippen LogP contribution in [0.5, 0.6) is 17.2 Å². The Labute approximate surface area is 183 Å². The van der Waals surface area contributed by atoms with Gasteiger partial charge in [0.1, 0.15) is 5.75 Å². The van der Waals surface area contributed by atoms with Crippen molar-refractivity contribution >= 4 is 23.9 Å². The predicted molar refractivity (Wildman–Crippen MR) is 116 cm³/mol. The maximum absolute atomic E-state index is 12.7. The van der Waals surface area contributed by atoms with E-state index < -0.39 is 11.9 Å². The van der Waals surface area contributed by atoms with Gasteiger partial charge in [-0.1, -0.05) is 35.9 Å². The molecule has 0 spiro atoms. The molecule has 2 aliphatic heterocycles. The van der Waals surface area contributed by atoms with Crippen LogP contribution in [0.2, 0.25) is 0 Å². The summed E-state index contributed by atoms with van der Waals surface area (Å²) in [5, 5.41) is 0. The lowest BCUT2D eigenvalue weighted by molar-refractivity contribution is -0.129. The van der Waals surface area contributed by atoms with Crippen LogP contribution in [0.4, 0.5) is 0 Å². The molecule has 0 N–H and O–H groups in total. The first-order chi connectivity index (χ1) is 15.6. The van der Waals surface area contributed by atoms with Crippen LogP contribution >= 0.6 is 0 Å². The van der Waals surface area contributed by atoms with Crippen molar-refractivity contribution in [1.29, 1.82) is 0 Å². The largest absolute Gasteiger partial charge is 0.454 e. The average Bonchev–Trinajstić information content (AvgIpc) is 3.41. The highest BCUT2D eigenvalue weighted by atomic mass is 16.7. The average molecular weight is 427 g/mol. The molecule has 3 aromatic carbocycles. The zero-order chi connectivity index (χ0) is 22.1. The standard InChI is InChI=1S/C25H17NO6/c1-15-6-8-16(9-7-15)23-26-19(25(28)32-23)12-17-4-2-3-5-20(17)31-24(27)18-10-11-21-22(13-18)30-14-29-21/h2-13H,14H2,1H3/b19-12-. The minimum atomic E-state index is -0.572. The Balaban J connectivity index is 1.41. The molecule has 2 aliphatic rings. The van der Waals surface area contributed by atoms with Crippen LogP contribution in [-0.2, 0) is 9.53 Å². The van der Waals surface area contributed by atoms with Crippen LogP contribution in [0.15, 0.2) is 77.4 Å². The van der Waals surface area contributed by atoms with E-state index in [9.17, 15) is 9.59 Å². The summed E-state index contributed by atoms with van der Waals surface area (Å²) >= 11 is 0. The molecule has 0 aromatic heterocycles. The number of aryl methyl sites for hydroxylation is 1. The van der Waals surface area contributed by atoms with Crippen molar-refractivity contribution in [3.05, 3.63) is 94.7 Å². The molecule has 0 fully saturated rings. The van der Waals surface area contributed by atoms with Crippen molar-refractivity contribution in [2.75, 3.05) is 6.79 Å². The Morgan fingerprint density at radius 2 is 1.78 bits per heavy atom. The van der Waals surface area contributed by atoms with Crippen LogP contribution in [0.1, 0.15) is 27.0 Å². The Bertz CT molecular complexity index is 1290. The third-order valence-corrected chi connectivity index (χ3v) is 4.94. The van der Waals surface area contributed by atoms with Gasteiger partial charge in [-0.15, -0.1) is 0 Å². The Morgan fingerprint density at radius 3 is 2.62 bits per heavy atom. The molecule has 7 heteroatoms. The molecular weight excluding hydrogens is 410 g/mol. The van der Waals surface area contributed by atoms with E-state index in [0.29, 0.717) is 28.2 Å².